The Balaban J connectivity index is 2.00. The summed E-state index contributed by atoms with van der Waals surface area (Å²) in [6, 6.07) is 16.4. The molecule has 0 nitrogen and oxygen atoms in total. The van der Waals surface area contributed by atoms with Gasteiger partial charge in [-0.3, -0.25) is 0 Å². The molecule has 0 amide bonds. The Labute approximate surface area is 114 Å². The molecule has 4 heteroatoms. The number of alkyl halides is 3. The molecule has 0 N–H and O–H groups in total. The maximum Gasteiger partial charge on any atom is 0.417 e. The zero-order valence-corrected chi connectivity index (χ0v) is 10.9. The van der Waals surface area contributed by atoms with Gasteiger partial charge in [-0.2, -0.15) is 24.9 Å². The molecule has 99 valence electrons. The van der Waals surface area contributed by atoms with Gasteiger partial charge in [-0.25, -0.2) is 0 Å². The van der Waals surface area contributed by atoms with Crippen LogP contribution >= 0.6 is 11.8 Å². The molecule has 0 aliphatic carbocycles. The summed E-state index contributed by atoms with van der Waals surface area (Å²) in [6.07, 6.45) is -4.33. The van der Waals surface area contributed by atoms with Crippen LogP contribution in [0, 0.1) is 6.07 Å². The van der Waals surface area contributed by atoms with Crippen molar-refractivity contribution >= 4 is 11.8 Å². The molecule has 0 spiro atoms. The maximum absolute atomic E-state index is 12.8. The van der Waals surface area contributed by atoms with Gasteiger partial charge in [-0.05, 0) is 17.2 Å². The summed E-state index contributed by atoms with van der Waals surface area (Å²) in [5.74, 6) is 1.04. The second kappa shape index (κ2) is 6.15. The first kappa shape index (κ1) is 14.0. The highest BCUT2D eigenvalue weighted by molar-refractivity contribution is 7.97. The van der Waals surface area contributed by atoms with Crippen LogP contribution in [0.25, 0.3) is 0 Å². The molecule has 19 heavy (non-hydrogen) atoms. The molecule has 0 saturated heterocycles. The molecule has 0 bridgehead atoms. The molecular weight excluding hydrogens is 269 g/mol. The zero-order valence-electron chi connectivity index (χ0n) is 10.1. The Morgan fingerprint density at radius 1 is 0.947 bits per heavy atom. The molecule has 0 heterocycles. The quantitative estimate of drug-likeness (QED) is 0.765. The zero-order chi connectivity index (χ0) is 13.7. The summed E-state index contributed by atoms with van der Waals surface area (Å²) in [7, 11) is 0. The monoisotopic (exact) mass is 281 g/mol. The fourth-order valence-corrected chi connectivity index (χ4v) is 2.70. The van der Waals surface area contributed by atoms with Gasteiger partial charge >= 0.3 is 6.18 Å². The molecule has 0 aliphatic heterocycles. The van der Waals surface area contributed by atoms with E-state index >= 15 is 0 Å². The number of rotatable bonds is 4. The van der Waals surface area contributed by atoms with Crippen LogP contribution in [0.3, 0.4) is 0 Å². The highest BCUT2D eigenvalue weighted by Crippen LogP contribution is 2.33. The average molecular weight is 281 g/mol. The third kappa shape index (κ3) is 4.03. The van der Waals surface area contributed by atoms with E-state index in [-0.39, 0.29) is 5.56 Å². The van der Waals surface area contributed by atoms with Gasteiger partial charge in [0.05, 0.1) is 5.56 Å². The molecule has 0 aromatic heterocycles. The number of hydrogen-bond acceptors (Lipinski definition) is 1. The van der Waals surface area contributed by atoms with Crippen LogP contribution < -0.4 is 0 Å². The minimum absolute atomic E-state index is 0.288. The average Bonchev–Trinajstić information content (AvgIpc) is 2.39. The van der Waals surface area contributed by atoms with Crippen molar-refractivity contribution in [1.29, 1.82) is 0 Å². The van der Waals surface area contributed by atoms with E-state index in [0.29, 0.717) is 11.5 Å². The topological polar surface area (TPSA) is 0 Å². The van der Waals surface area contributed by atoms with Gasteiger partial charge in [0, 0.05) is 11.5 Å². The summed E-state index contributed by atoms with van der Waals surface area (Å²) in [6.45, 7) is 0. The van der Waals surface area contributed by atoms with Gasteiger partial charge in [-0.1, -0.05) is 48.5 Å². The van der Waals surface area contributed by atoms with Crippen LogP contribution in [0.4, 0.5) is 13.2 Å². The lowest BCUT2D eigenvalue weighted by molar-refractivity contribution is -0.138. The maximum atomic E-state index is 12.8. The molecule has 0 fully saturated rings. The van der Waals surface area contributed by atoms with Crippen LogP contribution in [0.2, 0.25) is 0 Å². The number of halogens is 3. The van der Waals surface area contributed by atoms with Gasteiger partial charge in [0.15, 0.2) is 0 Å². The van der Waals surface area contributed by atoms with Gasteiger partial charge in [0.1, 0.15) is 0 Å². The third-order valence-electron chi connectivity index (χ3n) is 2.60. The van der Waals surface area contributed by atoms with Crippen molar-refractivity contribution in [3.8, 4) is 0 Å². The minimum Gasteiger partial charge on any atom is -0.166 e. The Bertz CT molecular complexity index is 520. The summed E-state index contributed by atoms with van der Waals surface area (Å²) in [5, 5.41) is 0. The molecule has 0 aliphatic rings. The van der Waals surface area contributed by atoms with E-state index < -0.39 is 11.7 Å². The van der Waals surface area contributed by atoms with E-state index in [1.165, 1.54) is 23.9 Å². The second-order valence-electron chi connectivity index (χ2n) is 4.05. The third-order valence-corrected chi connectivity index (χ3v) is 3.65. The summed E-state index contributed by atoms with van der Waals surface area (Å²) in [4.78, 5) is 0. The van der Waals surface area contributed by atoms with Gasteiger partial charge < -0.3 is 0 Å². The van der Waals surface area contributed by atoms with Crippen molar-refractivity contribution < 1.29 is 13.2 Å². The van der Waals surface area contributed by atoms with E-state index in [9.17, 15) is 13.2 Å². The molecule has 0 saturated carbocycles. The molecule has 1 radical (unpaired) electrons. The Morgan fingerprint density at radius 3 is 2.37 bits per heavy atom. The minimum atomic E-state index is -4.33. The Kier molecular flexibility index (Phi) is 4.53. The normalized spacial score (nSPS) is 11.5. The molecular formula is C15H12F3S. The van der Waals surface area contributed by atoms with Crippen molar-refractivity contribution in [2.24, 2.45) is 0 Å². The largest absolute Gasteiger partial charge is 0.417 e. The van der Waals surface area contributed by atoms with Crippen molar-refractivity contribution in [2.45, 2.75) is 17.7 Å². The number of hydrogen-bond donors (Lipinski definition) is 0. The van der Waals surface area contributed by atoms with Crippen molar-refractivity contribution in [1.82, 2.24) is 0 Å². The second-order valence-corrected chi connectivity index (χ2v) is 5.03. The fraction of sp³-hybridized carbons (Fsp3) is 0.200. The van der Waals surface area contributed by atoms with Gasteiger partial charge in [0.25, 0.3) is 0 Å². The van der Waals surface area contributed by atoms with Crippen molar-refractivity contribution in [3.63, 3.8) is 0 Å². The Morgan fingerprint density at radius 2 is 1.68 bits per heavy atom. The van der Waals surface area contributed by atoms with Crippen LogP contribution in [0.5, 0.6) is 0 Å². The first-order valence-electron chi connectivity index (χ1n) is 5.76. The Hall–Kier alpha value is -1.42. The van der Waals surface area contributed by atoms with E-state index in [4.69, 9.17) is 0 Å². The van der Waals surface area contributed by atoms with E-state index in [1.54, 1.807) is 6.07 Å². The summed E-state index contributed by atoms with van der Waals surface area (Å²) < 4.78 is 38.3. The summed E-state index contributed by atoms with van der Waals surface area (Å²) in [5.41, 5.74) is 0.743. The molecule has 0 atom stereocenters. The van der Waals surface area contributed by atoms with E-state index in [1.807, 2.05) is 30.3 Å². The standard InChI is InChI=1S/C15H12F3S/c16-15(17,18)14-9-5-4-8-13(14)11-19-10-12-6-2-1-3-7-12/h1-8H,10-11H2. The van der Waals surface area contributed by atoms with Crippen LogP contribution in [0.15, 0.2) is 48.5 Å². The van der Waals surface area contributed by atoms with Gasteiger partial charge in [0.2, 0.25) is 0 Å². The van der Waals surface area contributed by atoms with Gasteiger partial charge in [-0.15, -0.1) is 0 Å². The molecule has 2 aromatic carbocycles. The van der Waals surface area contributed by atoms with Crippen LogP contribution in [-0.2, 0) is 17.7 Å². The lowest BCUT2D eigenvalue weighted by Crippen LogP contribution is -2.08. The number of thioether (sulfide) groups is 1. The van der Waals surface area contributed by atoms with Crippen LogP contribution in [-0.4, -0.2) is 0 Å². The van der Waals surface area contributed by atoms with Crippen LogP contribution in [0.1, 0.15) is 16.7 Å². The van der Waals surface area contributed by atoms with Crippen molar-refractivity contribution in [2.75, 3.05) is 0 Å². The SMILES string of the molecule is FC(F)(F)c1[c]cccc1CSCc1ccccc1. The lowest BCUT2D eigenvalue weighted by atomic mass is 10.1. The fourth-order valence-electron chi connectivity index (χ4n) is 1.71. The molecule has 2 rings (SSSR count). The highest BCUT2D eigenvalue weighted by atomic mass is 32.2. The first-order chi connectivity index (χ1) is 9.07. The highest BCUT2D eigenvalue weighted by Gasteiger charge is 2.32. The number of benzene rings is 2. The van der Waals surface area contributed by atoms with Crippen molar-refractivity contribution in [3.05, 3.63) is 71.3 Å². The molecule has 0 unspecified atom stereocenters. The predicted molar refractivity (Wildman–Crippen MR) is 71.7 cm³/mol. The molecule has 2 aromatic rings. The van der Waals surface area contributed by atoms with E-state index in [0.717, 1.165) is 5.56 Å². The lowest BCUT2D eigenvalue weighted by Gasteiger charge is -2.11. The predicted octanol–water partition coefficient (Wildman–Crippen LogP) is 4.94. The van der Waals surface area contributed by atoms with E-state index in [2.05, 4.69) is 6.07 Å². The first-order valence-corrected chi connectivity index (χ1v) is 6.91. The summed E-state index contributed by atoms with van der Waals surface area (Å²) >= 11 is 1.47. The smallest absolute Gasteiger partial charge is 0.166 e.